The number of ether oxygens (including phenoxy) is 2. The van der Waals surface area contributed by atoms with Crippen LogP contribution >= 0.6 is 0 Å². The Labute approximate surface area is 88.2 Å². The second-order valence-electron chi connectivity index (χ2n) is 3.92. The maximum absolute atomic E-state index is 5.77. The van der Waals surface area contributed by atoms with Gasteiger partial charge in [-0.25, -0.2) is 0 Å². The van der Waals surface area contributed by atoms with Gasteiger partial charge in [-0.05, 0) is 40.4 Å². The van der Waals surface area contributed by atoms with Gasteiger partial charge < -0.3 is 13.9 Å². The minimum Gasteiger partial charge on any atom is -0.543 e. The van der Waals surface area contributed by atoms with Gasteiger partial charge in [0.05, 0.1) is 13.2 Å². The minimum absolute atomic E-state index is 0.525. The molecule has 0 fully saturated rings. The molecule has 0 amide bonds. The molecule has 0 unspecified atom stereocenters. The third-order valence-electron chi connectivity index (χ3n) is 1.30. The van der Waals surface area contributed by atoms with E-state index in [-0.39, 0.29) is 0 Å². The summed E-state index contributed by atoms with van der Waals surface area (Å²) in [7, 11) is -1.56. The van der Waals surface area contributed by atoms with E-state index in [4.69, 9.17) is 13.9 Å². The lowest BCUT2D eigenvalue weighted by atomic mass is 10.6. The second kappa shape index (κ2) is 5.96. The highest BCUT2D eigenvalue weighted by Gasteiger charge is 2.19. The molecule has 84 valence electrons. The molecule has 0 aliphatic heterocycles. The molecule has 4 heteroatoms. The van der Waals surface area contributed by atoms with Crippen LogP contribution in [0, 0.1) is 0 Å². The molecule has 0 aromatic carbocycles. The smallest absolute Gasteiger partial charge is 0.317 e. The molecule has 0 atom stereocenters. The Morgan fingerprint density at radius 3 is 1.71 bits per heavy atom. The number of hydrogen-bond donors (Lipinski definition) is 0. The van der Waals surface area contributed by atoms with Gasteiger partial charge in [-0.1, -0.05) is 0 Å². The first-order valence-corrected chi connectivity index (χ1v) is 8.47. The van der Waals surface area contributed by atoms with Crippen LogP contribution in [0.2, 0.25) is 19.6 Å². The molecule has 0 N–H and O–H groups in total. The highest BCUT2D eigenvalue weighted by molar-refractivity contribution is 6.70. The zero-order valence-electron chi connectivity index (χ0n) is 10.1. The summed E-state index contributed by atoms with van der Waals surface area (Å²) in [5.41, 5.74) is 0. The van der Waals surface area contributed by atoms with E-state index in [2.05, 4.69) is 19.6 Å². The molecule has 0 bridgehead atoms. The molecular weight excluding hydrogens is 196 g/mol. The van der Waals surface area contributed by atoms with Gasteiger partial charge in [-0.2, -0.15) is 0 Å². The number of rotatable bonds is 6. The quantitative estimate of drug-likeness (QED) is 0.506. The predicted octanol–water partition coefficient (Wildman–Crippen LogP) is 3.10. The Kier molecular flexibility index (Phi) is 5.68. The van der Waals surface area contributed by atoms with E-state index in [0.29, 0.717) is 19.2 Å². The first-order valence-electron chi connectivity index (χ1n) is 5.06. The average molecular weight is 218 g/mol. The van der Waals surface area contributed by atoms with Crippen LogP contribution in [0.1, 0.15) is 20.8 Å². The van der Waals surface area contributed by atoms with Gasteiger partial charge in [0.25, 0.3) is 0 Å². The lowest BCUT2D eigenvalue weighted by molar-refractivity contribution is 0.0323. The zero-order chi connectivity index (χ0) is 11.2. The molecule has 0 aliphatic carbocycles. The van der Waals surface area contributed by atoms with Crippen LogP contribution in [0.5, 0.6) is 0 Å². The molecular formula is C10H22O3Si. The highest BCUT2D eigenvalue weighted by Crippen LogP contribution is 2.15. The van der Waals surface area contributed by atoms with Crippen molar-refractivity contribution in [2.75, 3.05) is 13.2 Å². The maximum atomic E-state index is 5.77. The summed E-state index contributed by atoms with van der Waals surface area (Å²) < 4.78 is 16.5. The van der Waals surface area contributed by atoms with Gasteiger partial charge in [0, 0.05) is 0 Å². The van der Waals surface area contributed by atoms with Crippen molar-refractivity contribution in [1.29, 1.82) is 0 Å². The van der Waals surface area contributed by atoms with E-state index in [9.17, 15) is 0 Å². The van der Waals surface area contributed by atoms with Crippen LogP contribution in [-0.4, -0.2) is 21.5 Å². The van der Waals surface area contributed by atoms with Crippen LogP contribution in [0.4, 0.5) is 0 Å². The third kappa shape index (κ3) is 5.91. The summed E-state index contributed by atoms with van der Waals surface area (Å²) in [6.07, 6.45) is 0. The molecule has 0 aliphatic rings. The summed E-state index contributed by atoms with van der Waals surface area (Å²) in [6.45, 7) is 13.3. The normalized spacial score (nSPS) is 10.7. The molecule has 14 heavy (non-hydrogen) atoms. The number of hydrogen-bond acceptors (Lipinski definition) is 3. The van der Waals surface area contributed by atoms with E-state index in [1.807, 2.05) is 20.8 Å². The Balaban J connectivity index is 4.45. The Bertz CT molecular complexity index is 186. The standard InChI is InChI=1S/C10H22O3Si/c1-7-11-10(12-8-2)9(3)13-14(4,5)6/h7-8H2,1-6H3. The first-order chi connectivity index (χ1) is 6.40. The van der Waals surface area contributed by atoms with Gasteiger partial charge in [-0.15, -0.1) is 0 Å². The fourth-order valence-corrected chi connectivity index (χ4v) is 2.01. The van der Waals surface area contributed by atoms with Crippen molar-refractivity contribution in [3.05, 3.63) is 11.7 Å². The first kappa shape index (κ1) is 13.4. The van der Waals surface area contributed by atoms with E-state index < -0.39 is 8.32 Å². The van der Waals surface area contributed by atoms with Crippen molar-refractivity contribution < 1.29 is 13.9 Å². The lowest BCUT2D eigenvalue weighted by Crippen LogP contribution is -2.25. The van der Waals surface area contributed by atoms with E-state index in [1.54, 1.807) is 0 Å². The molecule has 0 radical (unpaired) electrons. The van der Waals surface area contributed by atoms with Crippen molar-refractivity contribution in [3.63, 3.8) is 0 Å². The van der Waals surface area contributed by atoms with Gasteiger partial charge in [-0.3, -0.25) is 0 Å². The van der Waals surface area contributed by atoms with Crippen molar-refractivity contribution in [2.24, 2.45) is 0 Å². The van der Waals surface area contributed by atoms with Crippen molar-refractivity contribution in [2.45, 2.75) is 40.4 Å². The number of allylic oxidation sites excluding steroid dienone is 1. The largest absolute Gasteiger partial charge is 0.543 e. The maximum Gasteiger partial charge on any atom is 0.317 e. The van der Waals surface area contributed by atoms with E-state index >= 15 is 0 Å². The zero-order valence-corrected chi connectivity index (χ0v) is 11.1. The third-order valence-corrected chi connectivity index (χ3v) is 2.22. The molecule has 3 nitrogen and oxygen atoms in total. The SMILES string of the molecule is CCOC(OCC)=C(C)O[Si](C)(C)C. The second-order valence-corrected chi connectivity index (χ2v) is 8.35. The topological polar surface area (TPSA) is 27.7 Å². The van der Waals surface area contributed by atoms with Crippen molar-refractivity contribution in [1.82, 2.24) is 0 Å². The van der Waals surface area contributed by atoms with Gasteiger partial charge in [0.1, 0.15) is 0 Å². The van der Waals surface area contributed by atoms with Crippen LogP contribution in [0.3, 0.4) is 0 Å². The van der Waals surface area contributed by atoms with Gasteiger partial charge in [0.15, 0.2) is 5.76 Å². The molecule has 0 saturated heterocycles. The molecule has 0 saturated carbocycles. The van der Waals surface area contributed by atoms with Gasteiger partial charge in [0.2, 0.25) is 8.32 Å². The van der Waals surface area contributed by atoms with Crippen molar-refractivity contribution >= 4 is 8.32 Å². The Morgan fingerprint density at radius 1 is 1.00 bits per heavy atom. The predicted molar refractivity (Wildman–Crippen MR) is 60.4 cm³/mol. The summed E-state index contributed by atoms with van der Waals surface area (Å²) in [4.78, 5) is 0. The Morgan fingerprint density at radius 2 is 1.43 bits per heavy atom. The molecule has 0 spiro atoms. The summed E-state index contributed by atoms with van der Waals surface area (Å²) >= 11 is 0. The van der Waals surface area contributed by atoms with Crippen molar-refractivity contribution in [3.8, 4) is 0 Å². The van der Waals surface area contributed by atoms with Crippen LogP contribution < -0.4 is 0 Å². The van der Waals surface area contributed by atoms with E-state index in [0.717, 1.165) is 5.76 Å². The van der Waals surface area contributed by atoms with E-state index in [1.165, 1.54) is 0 Å². The summed E-state index contributed by atoms with van der Waals surface area (Å²) in [6, 6.07) is 0. The fourth-order valence-electron chi connectivity index (χ4n) is 1.01. The molecule has 0 aromatic heterocycles. The van der Waals surface area contributed by atoms with Crippen LogP contribution in [0.25, 0.3) is 0 Å². The lowest BCUT2D eigenvalue weighted by Gasteiger charge is -2.21. The van der Waals surface area contributed by atoms with Gasteiger partial charge >= 0.3 is 5.95 Å². The fraction of sp³-hybridized carbons (Fsp3) is 0.800. The molecule has 0 heterocycles. The van der Waals surface area contributed by atoms with Crippen LogP contribution in [0.15, 0.2) is 11.7 Å². The molecule has 0 rings (SSSR count). The average Bonchev–Trinajstić information content (AvgIpc) is 2.01. The highest BCUT2D eigenvalue weighted by atomic mass is 28.4. The summed E-state index contributed by atoms with van der Waals surface area (Å²) in [5.74, 6) is 1.28. The monoisotopic (exact) mass is 218 g/mol. The summed E-state index contributed by atoms with van der Waals surface area (Å²) in [5, 5.41) is 0. The van der Waals surface area contributed by atoms with Crippen LogP contribution in [-0.2, 0) is 13.9 Å². The molecule has 0 aromatic rings. The minimum atomic E-state index is -1.56. The Hall–Kier alpha value is -0.643.